The Bertz CT molecular complexity index is 432. The van der Waals surface area contributed by atoms with Crippen molar-refractivity contribution in [3.8, 4) is 0 Å². The van der Waals surface area contributed by atoms with Crippen LogP contribution >= 0.6 is 11.3 Å². The number of esters is 1. The van der Waals surface area contributed by atoms with Crippen LogP contribution < -0.4 is 0 Å². The SMILES string of the molecule is CCOOCN1CCc2sc(C(=O)OCC)cc2C1. The molecule has 0 saturated heterocycles. The number of hydrogen-bond acceptors (Lipinski definition) is 6. The molecule has 0 N–H and O–H groups in total. The van der Waals surface area contributed by atoms with Gasteiger partial charge in [0.25, 0.3) is 0 Å². The van der Waals surface area contributed by atoms with E-state index in [0.29, 0.717) is 24.8 Å². The highest BCUT2D eigenvalue weighted by molar-refractivity contribution is 7.14. The Hall–Kier alpha value is -0.950. The lowest BCUT2D eigenvalue weighted by Crippen LogP contribution is -2.31. The highest BCUT2D eigenvalue weighted by Gasteiger charge is 2.22. The molecule has 106 valence electrons. The molecule has 0 saturated carbocycles. The third-order valence-electron chi connectivity index (χ3n) is 2.86. The predicted octanol–water partition coefficient (Wildman–Crippen LogP) is 2.21. The Balaban J connectivity index is 1.95. The Labute approximate surface area is 117 Å². The van der Waals surface area contributed by atoms with Crippen molar-refractivity contribution in [2.24, 2.45) is 0 Å². The van der Waals surface area contributed by atoms with Crippen molar-refractivity contribution in [1.82, 2.24) is 4.90 Å². The topological polar surface area (TPSA) is 48.0 Å². The second-order valence-corrected chi connectivity index (χ2v) is 5.37. The van der Waals surface area contributed by atoms with Crippen LogP contribution in [0.3, 0.4) is 0 Å². The maximum atomic E-state index is 11.7. The van der Waals surface area contributed by atoms with Crippen LogP contribution in [0.15, 0.2) is 6.07 Å². The average Bonchev–Trinajstić information content (AvgIpc) is 2.82. The molecule has 1 aliphatic rings. The minimum atomic E-state index is -0.223. The summed E-state index contributed by atoms with van der Waals surface area (Å²) in [6.07, 6.45) is 0.939. The van der Waals surface area contributed by atoms with Crippen molar-refractivity contribution in [3.63, 3.8) is 0 Å². The third kappa shape index (κ3) is 3.76. The molecule has 0 radical (unpaired) electrons. The van der Waals surface area contributed by atoms with Crippen LogP contribution in [0.1, 0.15) is 34.0 Å². The Kier molecular flexibility index (Phi) is 5.33. The highest BCUT2D eigenvalue weighted by atomic mass is 32.1. The van der Waals surface area contributed by atoms with Gasteiger partial charge in [0.05, 0.1) is 13.2 Å². The first-order valence-corrected chi connectivity index (χ1v) is 7.31. The number of rotatable bonds is 6. The van der Waals surface area contributed by atoms with Gasteiger partial charge in [-0.05, 0) is 31.9 Å². The summed E-state index contributed by atoms with van der Waals surface area (Å²) >= 11 is 1.54. The van der Waals surface area contributed by atoms with E-state index in [2.05, 4.69) is 4.90 Å². The average molecular weight is 285 g/mol. The van der Waals surface area contributed by atoms with Crippen LogP contribution in [0.5, 0.6) is 0 Å². The maximum absolute atomic E-state index is 11.7. The quantitative estimate of drug-likeness (QED) is 0.347. The summed E-state index contributed by atoms with van der Waals surface area (Å²) in [5, 5.41) is 0. The number of nitrogens with zero attached hydrogens (tertiary/aromatic N) is 1. The molecule has 0 atom stereocenters. The van der Waals surface area contributed by atoms with E-state index in [4.69, 9.17) is 14.5 Å². The second-order valence-electron chi connectivity index (χ2n) is 4.24. The van der Waals surface area contributed by atoms with E-state index in [1.807, 2.05) is 19.9 Å². The van der Waals surface area contributed by atoms with Gasteiger partial charge in [0, 0.05) is 18.0 Å². The van der Waals surface area contributed by atoms with Crippen molar-refractivity contribution < 1.29 is 19.3 Å². The van der Waals surface area contributed by atoms with Gasteiger partial charge in [-0.2, -0.15) is 0 Å². The van der Waals surface area contributed by atoms with Gasteiger partial charge in [0.2, 0.25) is 0 Å². The van der Waals surface area contributed by atoms with E-state index in [-0.39, 0.29) is 5.97 Å². The maximum Gasteiger partial charge on any atom is 0.348 e. The first kappa shape index (κ1) is 14.5. The Morgan fingerprint density at radius 1 is 1.37 bits per heavy atom. The van der Waals surface area contributed by atoms with Gasteiger partial charge in [-0.25, -0.2) is 14.6 Å². The summed E-state index contributed by atoms with van der Waals surface area (Å²) in [4.78, 5) is 25.8. The van der Waals surface area contributed by atoms with Crippen LogP contribution in [0.25, 0.3) is 0 Å². The van der Waals surface area contributed by atoms with Crippen LogP contribution in [-0.2, 0) is 27.5 Å². The zero-order chi connectivity index (χ0) is 13.7. The molecule has 1 aliphatic heterocycles. The lowest BCUT2D eigenvalue weighted by atomic mass is 10.1. The number of thiophene rings is 1. The zero-order valence-electron chi connectivity index (χ0n) is 11.3. The van der Waals surface area contributed by atoms with E-state index in [9.17, 15) is 4.79 Å². The van der Waals surface area contributed by atoms with Crippen molar-refractivity contribution in [3.05, 3.63) is 21.4 Å². The molecule has 0 fully saturated rings. The molecular weight excluding hydrogens is 266 g/mol. The Morgan fingerprint density at radius 3 is 2.95 bits per heavy atom. The van der Waals surface area contributed by atoms with E-state index in [1.165, 1.54) is 10.4 Å². The van der Waals surface area contributed by atoms with Crippen LogP contribution in [0.2, 0.25) is 0 Å². The fraction of sp³-hybridized carbons (Fsp3) is 0.615. The molecule has 0 amide bonds. The van der Waals surface area contributed by atoms with Gasteiger partial charge in [0.1, 0.15) is 11.6 Å². The molecule has 6 heteroatoms. The summed E-state index contributed by atoms with van der Waals surface area (Å²) in [7, 11) is 0. The van der Waals surface area contributed by atoms with Crippen molar-refractivity contribution >= 4 is 17.3 Å². The minimum Gasteiger partial charge on any atom is -0.462 e. The van der Waals surface area contributed by atoms with Crippen molar-refractivity contribution in [2.75, 3.05) is 26.5 Å². The number of hydrogen-bond donors (Lipinski definition) is 0. The minimum absolute atomic E-state index is 0.223. The molecular formula is C13H19NO4S. The summed E-state index contributed by atoms with van der Waals surface area (Å²) in [5.74, 6) is -0.223. The predicted molar refractivity (Wildman–Crippen MR) is 72.0 cm³/mol. The highest BCUT2D eigenvalue weighted by Crippen LogP contribution is 2.28. The Morgan fingerprint density at radius 2 is 2.21 bits per heavy atom. The molecule has 0 bridgehead atoms. The molecule has 0 aliphatic carbocycles. The molecule has 0 unspecified atom stereocenters. The molecule has 1 aromatic rings. The first-order valence-electron chi connectivity index (χ1n) is 6.50. The largest absolute Gasteiger partial charge is 0.462 e. The van der Waals surface area contributed by atoms with Gasteiger partial charge in [-0.3, -0.25) is 4.90 Å². The summed E-state index contributed by atoms with van der Waals surface area (Å²) in [6, 6.07) is 1.94. The lowest BCUT2D eigenvalue weighted by Gasteiger charge is -2.25. The van der Waals surface area contributed by atoms with Gasteiger partial charge >= 0.3 is 5.97 Å². The number of ether oxygens (including phenoxy) is 1. The van der Waals surface area contributed by atoms with Gasteiger partial charge < -0.3 is 4.74 Å². The monoisotopic (exact) mass is 285 g/mol. The molecule has 5 nitrogen and oxygen atoms in total. The number of carbonyl (C=O) groups excluding carboxylic acids is 1. The fourth-order valence-electron chi connectivity index (χ4n) is 2.00. The fourth-order valence-corrected chi connectivity index (χ4v) is 3.06. The van der Waals surface area contributed by atoms with Gasteiger partial charge in [-0.1, -0.05) is 0 Å². The standard InChI is InChI=1S/C13H19NO4S/c1-3-16-13(15)12-7-10-8-14(9-18-17-4-2)6-5-11(10)19-12/h7H,3-6,8-9H2,1-2H3. The molecule has 2 heterocycles. The van der Waals surface area contributed by atoms with Crippen LogP contribution in [0, 0.1) is 0 Å². The summed E-state index contributed by atoms with van der Waals surface area (Å²) < 4.78 is 5.03. The van der Waals surface area contributed by atoms with E-state index in [0.717, 1.165) is 19.5 Å². The molecule has 0 spiro atoms. The third-order valence-corrected chi connectivity index (χ3v) is 4.08. The van der Waals surface area contributed by atoms with Crippen LogP contribution in [-0.4, -0.2) is 37.4 Å². The van der Waals surface area contributed by atoms with E-state index in [1.54, 1.807) is 11.3 Å². The molecule has 0 aromatic carbocycles. The van der Waals surface area contributed by atoms with Crippen molar-refractivity contribution in [1.29, 1.82) is 0 Å². The number of fused-ring (bicyclic) bond motifs is 1. The molecule has 2 rings (SSSR count). The van der Waals surface area contributed by atoms with Crippen molar-refractivity contribution in [2.45, 2.75) is 26.8 Å². The number of carbonyl (C=O) groups is 1. The molecule has 19 heavy (non-hydrogen) atoms. The van der Waals surface area contributed by atoms with E-state index >= 15 is 0 Å². The first-order chi connectivity index (χ1) is 9.24. The second kappa shape index (κ2) is 7.00. The smallest absolute Gasteiger partial charge is 0.348 e. The normalized spacial score (nSPS) is 15.3. The van der Waals surface area contributed by atoms with Gasteiger partial charge in [0.15, 0.2) is 0 Å². The summed E-state index contributed by atoms with van der Waals surface area (Å²) in [6.45, 7) is 6.83. The van der Waals surface area contributed by atoms with Gasteiger partial charge in [-0.15, -0.1) is 11.3 Å². The molecule has 1 aromatic heterocycles. The lowest BCUT2D eigenvalue weighted by molar-refractivity contribution is -0.313. The summed E-state index contributed by atoms with van der Waals surface area (Å²) in [5.41, 5.74) is 1.19. The zero-order valence-corrected chi connectivity index (χ0v) is 12.1. The van der Waals surface area contributed by atoms with Crippen LogP contribution in [0.4, 0.5) is 0 Å². The van der Waals surface area contributed by atoms with E-state index < -0.39 is 0 Å².